The van der Waals surface area contributed by atoms with E-state index in [4.69, 9.17) is 23.2 Å². The molecule has 0 aliphatic heterocycles. The van der Waals surface area contributed by atoms with Gasteiger partial charge in [-0.3, -0.25) is 9.10 Å². The highest BCUT2D eigenvalue weighted by Gasteiger charge is 2.33. The number of anilines is 1. The summed E-state index contributed by atoms with van der Waals surface area (Å²) >= 11 is 13.4. The van der Waals surface area contributed by atoms with Gasteiger partial charge in [-0.1, -0.05) is 23.7 Å². The number of para-hydroxylation sites is 1. The summed E-state index contributed by atoms with van der Waals surface area (Å²) in [4.78, 5) is 11.7. The Kier molecular flexibility index (Phi) is 5.94. The molecule has 0 aliphatic carbocycles. The van der Waals surface area contributed by atoms with E-state index < -0.39 is 21.3 Å². The molecule has 1 unspecified atom stereocenters. The summed E-state index contributed by atoms with van der Waals surface area (Å²) < 4.78 is 27.7. The van der Waals surface area contributed by atoms with E-state index in [9.17, 15) is 13.2 Å². The van der Waals surface area contributed by atoms with Crippen molar-refractivity contribution in [2.75, 3.05) is 4.31 Å². The maximum Gasteiger partial charge on any atom is 0.265 e. The van der Waals surface area contributed by atoms with Gasteiger partial charge in [0.25, 0.3) is 10.0 Å². The Labute approximate surface area is 158 Å². The Hall–Kier alpha value is -0.830. The fourth-order valence-electron chi connectivity index (χ4n) is 1.99. The van der Waals surface area contributed by atoms with Gasteiger partial charge < -0.3 is 0 Å². The predicted octanol–water partition coefficient (Wildman–Crippen LogP) is 4.29. The highest BCUT2D eigenvalue weighted by Crippen LogP contribution is 2.31. The monoisotopic (exact) mass is 483 g/mol. The number of hydrogen-bond donors (Lipinski definition) is 0. The van der Waals surface area contributed by atoms with E-state index in [-0.39, 0.29) is 4.90 Å². The van der Waals surface area contributed by atoms with Crippen molar-refractivity contribution < 1.29 is 13.2 Å². The van der Waals surface area contributed by atoms with E-state index in [1.54, 1.807) is 24.3 Å². The van der Waals surface area contributed by atoms with Crippen molar-refractivity contribution in [2.45, 2.75) is 17.9 Å². The van der Waals surface area contributed by atoms with Crippen molar-refractivity contribution in [3.63, 3.8) is 0 Å². The second-order valence-corrected chi connectivity index (χ2v) is 8.47. The Morgan fingerprint density at radius 2 is 1.70 bits per heavy atom. The molecule has 2 aromatic carbocycles. The average Bonchev–Trinajstić information content (AvgIpc) is 2.49. The van der Waals surface area contributed by atoms with Gasteiger partial charge in [0.2, 0.25) is 5.24 Å². The lowest BCUT2D eigenvalue weighted by atomic mass is 10.3. The van der Waals surface area contributed by atoms with Gasteiger partial charge in [0, 0.05) is 8.59 Å². The summed E-state index contributed by atoms with van der Waals surface area (Å²) in [5.74, 6) is 0. The molecule has 4 nitrogen and oxygen atoms in total. The highest BCUT2D eigenvalue weighted by molar-refractivity contribution is 14.1. The third-order valence-electron chi connectivity index (χ3n) is 3.14. The fraction of sp³-hybridized carbons (Fsp3) is 0.133. The molecule has 0 heterocycles. The molecule has 0 bridgehead atoms. The second kappa shape index (κ2) is 7.38. The van der Waals surface area contributed by atoms with Crippen LogP contribution < -0.4 is 4.31 Å². The number of benzene rings is 2. The van der Waals surface area contributed by atoms with Crippen molar-refractivity contribution >= 4 is 66.7 Å². The van der Waals surface area contributed by atoms with Crippen LogP contribution in [0.4, 0.5) is 5.69 Å². The lowest BCUT2D eigenvalue weighted by Gasteiger charge is -2.29. The molecule has 2 rings (SSSR count). The average molecular weight is 484 g/mol. The van der Waals surface area contributed by atoms with Crippen LogP contribution in [0.15, 0.2) is 53.4 Å². The number of rotatable bonds is 5. The molecule has 0 radical (unpaired) electrons. The lowest BCUT2D eigenvalue weighted by molar-refractivity contribution is -0.112. The Bertz CT molecular complexity index is 825. The van der Waals surface area contributed by atoms with Crippen molar-refractivity contribution in [3.8, 4) is 0 Å². The first-order valence-electron chi connectivity index (χ1n) is 6.49. The standard InChI is InChI=1S/C15H12Cl2INO3S/c1-10(15(17)20)19(14-5-3-2-4-13(14)18)23(21,22)12-8-6-11(16)7-9-12/h2-10H,1H3. The number of sulfonamides is 1. The van der Waals surface area contributed by atoms with Gasteiger partial charge in [-0.15, -0.1) is 0 Å². The second-order valence-electron chi connectivity index (χ2n) is 4.69. The first-order valence-corrected chi connectivity index (χ1v) is 9.76. The molecule has 0 N–H and O–H groups in total. The summed E-state index contributed by atoms with van der Waals surface area (Å²) in [6, 6.07) is 11.6. The summed E-state index contributed by atoms with van der Waals surface area (Å²) in [5, 5.41) is -0.339. The van der Waals surface area contributed by atoms with E-state index in [1.807, 2.05) is 22.6 Å². The summed E-state index contributed by atoms with van der Waals surface area (Å²) in [6.45, 7) is 1.45. The molecular weight excluding hydrogens is 472 g/mol. The van der Waals surface area contributed by atoms with Crippen molar-refractivity contribution in [1.82, 2.24) is 0 Å². The molecule has 0 spiro atoms. The van der Waals surface area contributed by atoms with E-state index >= 15 is 0 Å². The molecular formula is C15H12Cl2INO3S. The number of nitrogens with zero attached hydrogens (tertiary/aromatic N) is 1. The Morgan fingerprint density at radius 1 is 1.13 bits per heavy atom. The van der Waals surface area contributed by atoms with Gasteiger partial charge >= 0.3 is 0 Å². The van der Waals surface area contributed by atoms with E-state index in [2.05, 4.69) is 0 Å². The molecule has 23 heavy (non-hydrogen) atoms. The van der Waals surface area contributed by atoms with Gasteiger partial charge in [-0.25, -0.2) is 8.42 Å². The van der Waals surface area contributed by atoms with Gasteiger partial charge in [0.05, 0.1) is 10.6 Å². The smallest absolute Gasteiger partial charge is 0.265 e. The van der Waals surface area contributed by atoms with Crippen molar-refractivity contribution in [3.05, 3.63) is 57.1 Å². The molecule has 0 aromatic heterocycles. The van der Waals surface area contributed by atoms with Gasteiger partial charge in [-0.2, -0.15) is 0 Å². The van der Waals surface area contributed by atoms with Crippen LogP contribution in [-0.2, 0) is 14.8 Å². The first-order chi connectivity index (χ1) is 10.7. The normalized spacial score (nSPS) is 12.7. The summed E-state index contributed by atoms with van der Waals surface area (Å²) in [7, 11) is -3.97. The topological polar surface area (TPSA) is 54.5 Å². The molecule has 0 saturated carbocycles. The van der Waals surface area contributed by atoms with Crippen LogP contribution in [0.2, 0.25) is 5.02 Å². The van der Waals surface area contributed by atoms with Crippen LogP contribution in [0, 0.1) is 3.57 Å². The van der Waals surface area contributed by atoms with Crippen LogP contribution in [0.5, 0.6) is 0 Å². The van der Waals surface area contributed by atoms with Gasteiger partial charge in [0.1, 0.15) is 6.04 Å². The molecule has 0 amide bonds. The quantitative estimate of drug-likeness (QED) is 0.470. The largest absolute Gasteiger partial charge is 0.279 e. The number of halogens is 3. The van der Waals surface area contributed by atoms with Crippen molar-refractivity contribution in [2.24, 2.45) is 0 Å². The molecule has 0 saturated heterocycles. The SMILES string of the molecule is CC(C(=O)Cl)N(c1ccccc1I)S(=O)(=O)c1ccc(Cl)cc1. The summed E-state index contributed by atoms with van der Waals surface area (Å²) in [6.07, 6.45) is 0. The third kappa shape index (κ3) is 3.99. The molecule has 0 fully saturated rings. The number of carbonyl (C=O) groups excluding carboxylic acids is 1. The zero-order valence-corrected chi connectivity index (χ0v) is 16.4. The van der Waals surface area contributed by atoms with Crippen LogP contribution in [0.25, 0.3) is 0 Å². The maximum atomic E-state index is 13.0. The lowest BCUT2D eigenvalue weighted by Crippen LogP contribution is -2.42. The highest BCUT2D eigenvalue weighted by atomic mass is 127. The Morgan fingerprint density at radius 3 is 2.22 bits per heavy atom. The van der Waals surface area contributed by atoms with Crippen molar-refractivity contribution in [1.29, 1.82) is 0 Å². The molecule has 122 valence electrons. The minimum absolute atomic E-state index is 0.0336. The fourth-order valence-corrected chi connectivity index (χ4v) is 4.72. The van der Waals surface area contributed by atoms with E-state index in [0.29, 0.717) is 14.3 Å². The van der Waals surface area contributed by atoms with Crippen LogP contribution >= 0.6 is 45.8 Å². The molecule has 8 heteroatoms. The minimum atomic E-state index is -3.97. The molecule has 2 aromatic rings. The van der Waals surface area contributed by atoms with E-state index in [1.165, 1.54) is 31.2 Å². The zero-order valence-electron chi connectivity index (χ0n) is 11.9. The van der Waals surface area contributed by atoms with Crippen LogP contribution in [0.1, 0.15) is 6.92 Å². The third-order valence-corrected chi connectivity index (χ3v) is 6.52. The Balaban J connectivity index is 2.64. The number of hydrogen-bond acceptors (Lipinski definition) is 3. The van der Waals surface area contributed by atoms with Crippen LogP contribution in [0.3, 0.4) is 0 Å². The van der Waals surface area contributed by atoms with Gasteiger partial charge in [-0.05, 0) is 77.5 Å². The predicted molar refractivity (Wildman–Crippen MR) is 101 cm³/mol. The first kappa shape index (κ1) is 18.5. The molecule has 0 aliphatic rings. The number of carbonyl (C=O) groups is 1. The molecule has 1 atom stereocenters. The van der Waals surface area contributed by atoms with Gasteiger partial charge in [0.15, 0.2) is 0 Å². The summed E-state index contributed by atoms with van der Waals surface area (Å²) in [5.41, 5.74) is 0.393. The van der Waals surface area contributed by atoms with E-state index in [0.717, 1.165) is 4.31 Å². The maximum absolute atomic E-state index is 13.0. The van der Waals surface area contributed by atoms with Crippen LogP contribution in [-0.4, -0.2) is 19.7 Å². The zero-order chi connectivity index (χ0) is 17.2. The minimum Gasteiger partial charge on any atom is -0.279 e.